The van der Waals surface area contributed by atoms with E-state index in [1.54, 1.807) is 12.3 Å². The van der Waals surface area contributed by atoms with Crippen molar-refractivity contribution in [3.63, 3.8) is 0 Å². The molecule has 1 N–H and O–H groups in total. The molecule has 1 atom stereocenters. The monoisotopic (exact) mass is 176 g/mol. The molecule has 0 fully saturated rings. The maximum atomic E-state index is 10.5. The first-order valence-corrected chi connectivity index (χ1v) is 4.97. The first kappa shape index (κ1) is 10.4. The Morgan fingerprint density at radius 3 is 2.55 bits per heavy atom. The summed E-state index contributed by atoms with van der Waals surface area (Å²) in [6, 6.07) is 0. The van der Waals surface area contributed by atoms with Crippen molar-refractivity contribution < 1.29 is 14.1 Å². The Labute approximate surface area is 68.6 Å². The van der Waals surface area contributed by atoms with Crippen molar-refractivity contribution in [2.24, 2.45) is 0 Å². The highest BCUT2D eigenvalue weighted by Crippen LogP contribution is 1.95. The summed E-state index contributed by atoms with van der Waals surface area (Å²) in [5.41, 5.74) is 0.315. The summed E-state index contributed by atoms with van der Waals surface area (Å²) in [6.07, 6.45) is 3.76. The number of hydrogen-bond donors (Lipinski definition) is 1. The second-order valence-electron chi connectivity index (χ2n) is 2.26. The molecule has 1 unspecified atom stereocenters. The highest BCUT2D eigenvalue weighted by atomic mass is 32.2. The fraction of sp³-hybridized carbons (Fsp3) is 0.571. The molecule has 0 amide bonds. The van der Waals surface area contributed by atoms with E-state index in [9.17, 15) is 9.00 Å². The van der Waals surface area contributed by atoms with Gasteiger partial charge in [-0.2, -0.15) is 0 Å². The molecular formula is C7H12O3S. The van der Waals surface area contributed by atoms with Crippen LogP contribution >= 0.6 is 0 Å². The maximum absolute atomic E-state index is 10.5. The van der Waals surface area contributed by atoms with Gasteiger partial charge in [0, 0.05) is 28.4 Å². The second kappa shape index (κ2) is 5.07. The van der Waals surface area contributed by atoms with Gasteiger partial charge in [-0.05, 0) is 13.3 Å². The van der Waals surface area contributed by atoms with E-state index in [-0.39, 0.29) is 0 Å². The van der Waals surface area contributed by atoms with Gasteiger partial charge in [-0.1, -0.05) is 6.08 Å². The second-order valence-corrected chi connectivity index (χ2v) is 3.81. The number of aliphatic carboxylic acids is 1. The molecule has 0 aliphatic rings. The first-order chi connectivity index (χ1) is 5.04. The van der Waals surface area contributed by atoms with Gasteiger partial charge in [0.1, 0.15) is 0 Å². The van der Waals surface area contributed by atoms with Crippen molar-refractivity contribution in [2.45, 2.75) is 13.3 Å². The van der Waals surface area contributed by atoms with Crippen LogP contribution < -0.4 is 0 Å². The number of hydrogen-bond acceptors (Lipinski definition) is 2. The van der Waals surface area contributed by atoms with Crippen LogP contribution in [0.2, 0.25) is 0 Å². The quantitative estimate of drug-likeness (QED) is 0.644. The van der Waals surface area contributed by atoms with Crippen LogP contribution in [0.15, 0.2) is 11.6 Å². The Hall–Kier alpha value is -0.640. The number of carboxylic acid groups (broad SMARTS) is 1. The molecule has 0 rings (SSSR count). The van der Waals surface area contributed by atoms with Gasteiger partial charge in [-0.25, -0.2) is 4.79 Å². The van der Waals surface area contributed by atoms with Gasteiger partial charge in [-0.3, -0.25) is 4.21 Å². The van der Waals surface area contributed by atoms with Crippen LogP contribution in [0, 0.1) is 0 Å². The van der Waals surface area contributed by atoms with Crippen molar-refractivity contribution >= 4 is 16.8 Å². The minimum Gasteiger partial charge on any atom is -0.478 e. The molecule has 64 valence electrons. The van der Waals surface area contributed by atoms with Gasteiger partial charge in [-0.15, -0.1) is 0 Å². The van der Waals surface area contributed by atoms with Crippen molar-refractivity contribution in [1.29, 1.82) is 0 Å². The van der Waals surface area contributed by atoms with Gasteiger partial charge in [0.05, 0.1) is 0 Å². The summed E-state index contributed by atoms with van der Waals surface area (Å²) in [6.45, 7) is 1.53. The third-order valence-electron chi connectivity index (χ3n) is 1.19. The van der Waals surface area contributed by atoms with Crippen LogP contribution in [-0.4, -0.2) is 27.3 Å². The lowest BCUT2D eigenvalue weighted by Crippen LogP contribution is -1.97. The zero-order valence-corrected chi connectivity index (χ0v) is 7.48. The zero-order chi connectivity index (χ0) is 8.85. The number of allylic oxidation sites excluding steroid dienone is 1. The van der Waals surface area contributed by atoms with Gasteiger partial charge in [0.15, 0.2) is 0 Å². The summed E-state index contributed by atoms with van der Waals surface area (Å²) in [5.74, 6) is -0.378. The first-order valence-electron chi connectivity index (χ1n) is 3.24. The van der Waals surface area contributed by atoms with Crippen molar-refractivity contribution in [3.8, 4) is 0 Å². The number of carbonyl (C=O) groups is 1. The molecule has 0 radical (unpaired) electrons. The average molecular weight is 176 g/mol. The van der Waals surface area contributed by atoms with E-state index in [4.69, 9.17) is 5.11 Å². The minimum atomic E-state index is -0.910. The van der Waals surface area contributed by atoms with E-state index in [0.717, 1.165) is 0 Å². The molecule has 0 aromatic carbocycles. The van der Waals surface area contributed by atoms with E-state index >= 15 is 0 Å². The average Bonchev–Trinajstić information content (AvgIpc) is 1.86. The highest BCUT2D eigenvalue weighted by Gasteiger charge is 1.97. The molecule has 0 aliphatic carbocycles. The Morgan fingerprint density at radius 1 is 1.64 bits per heavy atom. The smallest absolute Gasteiger partial charge is 0.330 e. The van der Waals surface area contributed by atoms with E-state index < -0.39 is 16.8 Å². The van der Waals surface area contributed by atoms with Crippen LogP contribution in [0.25, 0.3) is 0 Å². The third-order valence-corrected chi connectivity index (χ3v) is 2.00. The third kappa shape index (κ3) is 5.79. The van der Waals surface area contributed by atoms with Crippen LogP contribution in [0.5, 0.6) is 0 Å². The minimum absolute atomic E-state index is 0.315. The fourth-order valence-electron chi connectivity index (χ4n) is 0.529. The Morgan fingerprint density at radius 2 is 2.18 bits per heavy atom. The molecule has 0 spiro atoms. The van der Waals surface area contributed by atoms with Gasteiger partial charge >= 0.3 is 5.97 Å². The topological polar surface area (TPSA) is 54.4 Å². The van der Waals surface area contributed by atoms with Crippen molar-refractivity contribution in [3.05, 3.63) is 11.6 Å². The van der Waals surface area contributed by atoms with Crippen LogP contribution in [0.4, 0.5) is 0 Å². The predicted molar refractivity (Wildman–Crippen MR) is 44.9 cm³/mol. The molecule has 0 saturated carbocycles. The summed E-state index contributed by atoms with van der Waals surface area (Å²) >= 11 is 0. The lowest BCUT2D eigenvalue weighted by Gasteiger charge is -1.92. The van der Waals surface area contributed by atoms with E-state index in [2.05, 4.69) is 0 Å². The van der Waals surface area contributed by atoms with Gasteiger partial charge in [0.2, 0.25) is 0 Å². The standard InChI is InChI=1S/C7H12O3S/c1-6(7(8)9)4-3-5-11(2)10/h4H,3,5H2,1-2H3,(H,8,9). The zero-order valence-electron chi connectivity index (χ0n) is 6.66. The summed E-state index contributed by atoms with van der Waals surface area (Å²) in [7, 11) is -0.833. The maximum Gasteiger partial charge on any atom is 0.330 e. The molecule has 0 saturated heterocycles. The van der Waals surface area contributed by atoms with Crippen molar-refractivity contribution in [2.75, 3.05) is 12.0 Å². The number of carboxylic acids is 1. The summed E-state index contributed by atoms with van der Waals surface area (Å²) in [4.78, 5) is 10.2. The molecule has 0 bridgehead atoms. The van der Waals surface area contributed by atoms with E-state index in [0.29, 0.717) is 17.7 Å². The molecular weight excluding hydrogens is 164 g/mol. The predicted octanol–water partition coefficient (Wildman–Crippen LogP) is 0.786. The Kier molecular flexibility index (Phi) is 4.77. The van der Waals surface area contributed by atoms with Crippen LogP contribution in [0.3, 0.4) is 0 Å². The van der Waals surface area contributed by atoms with E-state index in [1.807, 2.05) is 0 Å². The molecule has 0 heterocycles. The molecule has 0 aromatic heterocycles. The molecule has 11 heavy (non-hydrogen) atoms. The van der Waals surface area contributed by atoms with Gasteiger partial charge in [0.25, 0.3) is 0 Å². The fourth-order valence-corrected chi connectivity index (χ4v) is 0.978. The number of rotatable bonds is 4. The Balaban J connectivity index is 3.74. The SMILES string of the molecule is CC(=CCCS(C)=O)C(=O)O. The lowest BCUT2D eigenvalue weighted by atomic mass is 10.2. The summed E-state index contributed by atoms with van der Waals surface area (Å²) < 4.78 is 10.5. The van der Waals surface area contributed by atoms with E-state index in [1.165, 1.54) is 6.92 Å². The molecule has 0 aromatic rings. The summed E-state index contributed by atoms with van der Waals surface area (Å²) in [5, 5.41) is 8.40. The Bertz CT molecular complexity index is 196. The van der Waals surface area contributed by atoms with Crippen LogP contribution in [0.1, 0.15) is 13.3 Å². The van der Waals surface area contributed by atoms with Crippen molar-refractivity contribution in [1.82, 2.24) is 0 Å². The van der Waals surface area contributed by atoms with Gasteiger partial charge < -0.3 is 5.11 Å². The molecule has 0 aliphatic heterocycles. The normalized spacial score (nSPS) is 14.5. The highest BCUT2D eigenvalue weighted by molar-refractivity contribution is 7.84. The lowest BCUT2D eigenvalue weighted by molar-refractivity contribution is -0.132. The molecule has 3 nitrogen and oxygen atoms in total. The molecule has 4 heteroatoms. The largest absolute Gasteiger partial charge is 0.478 e. The van der Waals surface area contributed by atoms with Crippen LogP contribution in [-0.2, 0) is 15.6 Å².